The van der Waals surface area contributed by atoms with Gasteiger partial charge in [0, 0.05) is 5.56 Å². The second-order valence-electron chi connectivity index (χ2n) is 3.52. The summed E-state index contributed by atoms with van der Waals surface area (Å²) in [6, 6.07) is 4.43. The van der Waals surface area contributed by atoms with Gasteiger partial charge in [0.2, 0.25) is 6.41 Å². The number of carbonyl (C=O) groups excluding carboxylic acids is 1. The molecule has 0 spiro atoms. The van der Waals surface area contributed by atoms with Crippen LogP contribution in [0.5, 0.6) is 11.5 Å². The van der Waals surface area contributed by atoms with Gasteiger partial charge in [-0.3, -0.25) is 9.59 Å². The number of para-hydroxylation sites is 1. The van der Waals surface area contributed by atoms with Crippen molar-refractivity contribution in [3.05, 3.63) is 23.8 Å². The fourth-order valence-corrected chi connectivity index (χ4v) is 1.70. The zero-order chi connectivity index (χ0) is 13.5. The van der Waals surface area contributed by atoms with Gasteiger partial charge < -0.3 is 19.9 Å². The van der Waals surface area contributed by atoms with Gasteiger partial charge in [0.05, 0.1) is 26.7 Å². The van der Waals surface area contributed by atoms with Crippen LogP contribution < -0.4 is 14.8 Å². The van der Waals surface area contributed by atoms with Crippen molar-refractivity contribution in [1.82, 2.24) is 5.32 Å². The van der Waals surface area contributed by atoms with Crippen molar-refractivity contribution in [2.75, 3.05) is 14.2 Å². The minimum Gasteiger partial charge on any atom is -0.493 e. The quantitative estimate of drug-likeness (QED) is 0.707. The number of nitrogens with one attached hydrogen (secondary N) is 1. The first-order valence-corrected chi connectivity index (χ1v) is 5.26. The number of carboxylic acids is 1. The summed E-state index contributed by atoms with van der Waals surface area (Å²) in [5.74, 6) is -0.113. The van der Waals surface area contributed by atoms with Gasteiger partial charge in [-0.1, -0.05) is 12.1 Å². The molecule has 0 bridgehead atoms. The van der Waals surface area contributed by atoms with E-state index in [-0.39, 0.29) is 6.42 Å². The van der Waals surface area contributed by atoms with Crippen LogP contribution in [-0.4, -0.2) is 31.7 Å². The molecule has 6 heteroatoms. The molecule has 98 valence electrons. The van der Waals surface area contributed by atoms with Crippen LogP contribution in [-0.2, 0) is 9.59 Å². The Hall–Kier alpha value is -2.24. The number of aliphatic carboxylic acids is 1. The molecule has 0 saturated heterocycles. The van der Waals surface area contributed by atoms with Crippen molar-refractivity contribution in [2.24, 2.45) is 0 Å². The van der Waals surface area contributed by atoms with Gasteiger partial charge in [-0.15, -0.1) is 0 Å². The lowest BCUT2D eigenvalue weighted by molar-refractivity contribution is -0.137. The second kappa shape index (κ2) is 6.48. The fourth-order valence-electron chi connectivity index (χ4n) is 1.70. The third kappa shape index (κ3) is 3.13. The first kappa shape index (κ1) is 13.8. The predicted octanol–water partition coefficient (Wildman–Crippen LogP) is 0.966. The Morgan fingerprint density at radius 2 is 2.17 bits per heavy atom. The van der Waals surface area contributed by atoms with E-state index in [2.05, 4.69) is 5.32 Å². The fraction of sp³-hybridized carbons (Fsp3) is 0.333. The van der Waals surface area contributed by atoms with Crippen molar-refractivity contribution in [3.63, 3.8) is 0 Å². The van der Waals surface area contributed by atoms with Crippen LogP contribution in [0.4, 0.5) is 0 Å². The van der Waals surface area contributed by atoms with E-state index in [4.69, 9.17) is 14.6 Å². The summed E-state index contributed by atoms with van der Waals surface area (Å²) >= 11 is 0. The molecule has 0 fully saturated rings. The molecule has 1 amide bonds. The summed E-state index contributed by atoms with van der Waals surface area (Å²) in [5, 5.41) is 11.3. The van der Waals surface area contributed by atoms with Crippen molar-refractivity contribution >= 4 is 12.4 Å². The number of carboxylic acid groups (broad SMARTS) is 1. The first-order valence-electron chi connectivity index (χ1n) is 5.26. The summed E-state index contributed by atoms with van der Waals surface area (Å²) in [6.45, 7) is 0. The Morgan fingerprint density at radius 3 is 2.67 bits per heavy atom. The number of hydrogen-bond acceptors (Lipinski definition) is 4. The molecule has 1 aromatic rings. The highest BCUT2D eigenvalue weighted by Crippen LogP contribution is 2.35. The predicted molar refractivity (Wildman–Crippen MR) is 63.7 cm³/mol. The van der Waals surface area contributed by atoms with Crippen molar-refractivity contribution in [2.45, 2.75) is 12.5 Å². The molecule has 0 radical (unpaired) electrons. The molecule has 18 heavy (non-hydrogen) atoms. The van der Waals surface area contributed by atoms with E-state index in [9.17, 15) is 9.59 Å². The van der Waals surface area contributed by atoms with E-state index in [1.807, 2.05) is 0 Å². The topological polar surface area (TPSA) is 84.9 Å². The maximum Gasteiger partial charge on any atom is 0.305 e. The van der Waals surface area contributed by atoms with Crippen LogP contribution >= 0.6 is 0 Å². The SMILES string of the molecule is COc1cccc([C@H](CC(=O)O)NC=O)c1OC. The third-order valence-electron chi connectivity index (χ3n) is 2.46. The largest absolute Gasteiger partial charge is 0.493 e. The summed E-state index contributed by atoms with van der Waals surface area (Å²) in [5.41, 5.74) is 0.561. The molecule has 1 rings (SSSR count). The molecule has 0 aromatic heterocycles. The Bertz CT molecular complexity index is 432. The Balaban J connectivity index is 3.17. The standard InChI is InChI=1S/C12H15NO5/c1-17-10-5-3-4-8(12(10)18-2)9(13-7-14)6-11(15)16/h3-5,7,9H,6H2,1-2H3,(H,13,14)(H,15,16)/t9-/m0/s1. The zero-order valence-electron chi connectivity index (χ0n) is 10.2. The van der Waals surface area contributed by atoms with Gasteiger partial charge in [0.15, 0.2) is 11.5 Å². The molecule has 0 aliphatic rings. The smallest absolute Gasteiger partial charge is 0.305 e. The van der Waals surface area contributed by atoms with Gasteiger partial charge in [-0.2, -0.15) is 0 Å². The maximum atomic E-state index is 10.8. The lowest BCUT2D eigenvalue weighted by Crippen LogP contribution is -2.23. The number of rotatable bonds is 7. The molecule has 2 N–H and O–H groups in total. The first-order chi connectivity index (χ1) is 8.63. The third-order valence-corrected chi connectivity index (χ3v) is 2.46. The van der Waals surface area contributed by atoms with Crippen LogP contribution in [0.15, 0.2) is 18.2 Å². The molecule has 6 nitrogen and oxygen atoms in total. The summed E-state index contributed by atoms with van der Waals surface area (Å²) in [6.07, 6.45) is 0.231. The van der Waals surface area contributed by atoms with E-state index in [0.29, 0.717) is 23.5 Å². The van der Waals surface area contributed by atoms with Gasteiger partial charge in [-0.25, -0.2) is 0 Å². The van der Waals surface area contributed by atoms with Crippen molar-refractivity contribution in [1.29, 1.82) is 0 Å². The Kier molecular flexibility index (Phi) is 4.98. The zero-order valence-corrected chi connectivity index (χ0v) is 10.2. The number of hydrogen-bond donors (Lipinski definition) is 2. The number of benzene rings is 1. The monoisotopic (exact) mass is 253 g/mol. The van der Waals surface area contributed by atoms with E-state index in [1.165, 1.54) is 14.2 Å². The Morgan fingerprint density at radius 1 is 1.44 bits per heavy atom. The van der Waals surface area contributed by atoms with Crippen LogP contribution in [0.3, 0.4) is 0 Å². The highest BCUT2D eigenvalue weighted by molar-refractivity contribution is 5.69. The Labute approximate surface area is 105 Å². The van der Waals surface area contributed by atoms with E-state index in [0.717, 1.165) is 0 Å². The van der Waals surface area contributed by atoms with E-state index in [1.54, 1.807) is 18.2 Å². The van der Waals surface area contributed by atoms with Crippen LogP contribution in [0.25, 0.3) is 0 Å². The molecule has 1 aromatic carbocycles. The van der Waals surface area contributed by atoms with Gasteiger partial charge >= 0.3 is 5.97 Å². The van der Waals surface area contributed by atoms with Crippen LogP contribution in [0, 0.1) is 0 Å². The number of methoxy groups -OCH3 is 2. The molecule has 0 aliphatic heterocycles. The highest BCUT2D eigenvalue weighted by Gasteiger charge is 2.21. The van der Waals surface area contributed by atoms with Gasteiger partial charge in [0.1, 0.15) is 0 Å². The number of carbonyl (C=O) groups is 2. The minimum atomic E-state index is -1.01. The van der Waals surface area contributed by atoms with Crippen LogP contribution in [0.2, 0.25) is 0 Å². The van der Waals surface area contributed by atoms with E-state index < -0.39 is 12.0 Å². The summed E-state index contributed by atoms with van der Waals surface area (Å²) in [7, 11) is 2.95. The van der Waals surface area contributed by atoms with Gasteiger partial charge in [-0.05, 0) is 6.07 Å². The van der Waals surface area contributed by atoms with Crippen molar-refractivity contribution < 1.29 is 24.2 Å². The highest BCUT2D eigenvalue weighted by atomic mass is 16.5. The molecule has 0 aliphatic carbocycles. The summed E-state index contributed by atoms with van der Waals surface area (Å²) in [4.78, 5) is 21.3. The molecule has 0 unspecified atom stereocenters. The molecule has 0 heterocycles. The molecular weight excluding hydrogens is 238 g/mol. The number of ether oxygens (including phenoxy) is 2. The average molecular weight is 253 g/mol. The average Bonchev–Trinajstić information content (AvgIpc) is 2.36. The normalized spacial score (nSPS) is 11.4. The molecule has 1 atom stereocenters. The van der Waals surface area contributed by atoms with E-state index >= 15 is 0 Å². The summed E-state index contributed by atoms with van der Waals surface area (Å²) < 4.78 is 10.3. The van der Waals surface area contributed by atoms with Crippen molar-refractivity contribution in [3.8, 4) is 11.5 Å². The minimum absolute atomic E-state index is 0.234. The lowest BCUT2D eigenvalue weighted by atomic mass is 10.0. The van der Waals surface area contributed by atoms with Crippen LogP contribution in [0.1, 0.15) is 18.0 Å². The lowest BCUT2D eigenvalue weighted by Gasteiger charge is -2.19. The number of amides is 1. The molecule has 0 saturated carbocycles. The van der Waals surface area contributed by atoms with Gasteiger partial charge in [0.25, 0.3) is 0 Å². The molecular formula is C12H15NO5. The second-order valence-corrected chi connectivity index (χ2v) is 3.52. The maximum absolute atomic E-state index is 10.8.